The lowest BCUT2D eigenvalue weighted by atomic mass is 9.94. The summed E-state index contributed by atoms with van der Waals surface area (Å²) >= 11 is 2.05. The maximum absolute atomic E-state index is 12.4. The summed E-state index contributed by atoms with van der Waals surface area (Å²) in [6, 6.07) is 4.64. The third kappa shape index (κ3) is 4.54. The summed E-state index contributed by atoms with van der Waals surface area (Å²) in [6.07, 6.45) is 7.41. The lowest BCUT2D eigenvalue weighted by molar-refractivity contribution is 0.0945. The molecule has 0 heterocycles. The molecule has 0 saturated carbocycles. The number of nitrogens with one attached hydrogen (secondary N) is 1. The Balaban J connectivity index is 2.15. The van der Waals surface area contributed by atoms with Crippen LogP contribution < -0.4 is 5.32 Å². The van der Waals surface area contributed by atoms with Gasteiger partial charge in [-0.25, -0.2) is 12.7 Å². The van der Waals surface area contributed by atoms with E-state index in [2.05, 4.69) is 40.1 Å². The molecule has 0 aromatic heterocycles. The normalized spacial score (nSPS) is 18.2. The van der Waals surface area contributed by atoms with Gasteiger partial charge in [-0.05, 0) is 66.0 Å². The molecule has 1 aliphatic rings. The molecule has 5 nitrogen and oxygen atoms in total. The van der Waals surface area contributed by atoms with Gasteiger partial charge in [0.25, 0.3) is 5.91 Å². The van der Waals surface area contributed by atoms with Gasteiger partial charge in [-0.3, -0.25) is 4.79 Å². The van der Waals surface area contributed by atoms with Crippen LogP contribution in [0.2, 0.25) is 0 Å². The minimum atomic E-state index is -3.54. The molecule has 0 fully saturated rings. The Morgan fingerprint density at radius 1 is 1.35 bits per heavy atom. The molecule has 0 bridgehead atoms. The van der Waals surface area contributed by atoms with Crippen molar-refractivity contribution in [3.63, 3.8) is 0 Å². The third-order valence-corrected chi connectivity index (χ3v) is 6.64. The molecule has 0 saturated heterocycles. The molecule has 1 aliphatic carbocycles. The van der Waals surface area contributed by atoms with Crippen molar-refractivity contribution in [3.8, 4) is 0 Å². The molecule has 1 aromatic rings. The zero-order valence-electron chi connectivity index (χ0n) is 13.3. The number of benzene rings is 1. The largest absolute Gasteiger partial charge is 0.352 e. The Hall–Kier alpha value is -0.930. The van der Waals surface area contributed by atoms with E-state index in [0.717, 1.165) is 27.1 Å². The van der Waals surface area contributed by atoms with Gasteiger partial charge in [0.2, 0.25) is 10.0 Å². The highest BCUT2D eigenvalue weighted by atomic mass is 127. The highest BCUT2D eigenvalue weighted by Gasteiger charge is 2.21. The Kier molecular flexibility index (Phi) is 6.21. The highest BCUT2D eigenvalue weighted by Crippen LogP contribution is 2.21. The molecule has 1 amide bonds. The van der Waals surface area contributed by atoms with Crippen LogP contribution in [0.25, 0.3) is 0 Å². The first kappa shape index (κ1) is 18.4. The molecular weight excluding hydrogens is 427 g/mol. The summed E-state index contributed by atoms with van der Waals surface area (Å²) in [7, 11) is -0.593. The van der Waals surface area contributed by atoms with E-state index < -0.39 is 10.0 Å². The summed E-state index contributed by atoms with van der Waals surface area (Å²) < 4.78 is 26.3. The average molecular weight is 448 g/mol. The van der Waals surface area contributed by atoms with Gasteiger partial charge in [-0.1, -0.05) is 12.2 Å². The zero-order chi connectivity index (χ0) is 17.0. The van der Waals surface area contributed by atoms with Crippen molar-refractivity contribution in [1.29, 1.82) is 0 Å². The SMILES string of the molecule is CN(C)S(=O)(=O)c1ccc(I)c(C(=O)NCC2CC=CCC2)c1. The van der Waals surface area contributed by atoms with Gasteiger partial charge in [-0.15, -0.1) is 0 Å². The van der Waals surface area contributed by atoms with E-state index in [-0.39, 0.29) is 10.8 Å². The summed E-state index contributed by atoms with van der Waals surface area (Å²) in [6.45, 7) is 0.615. The van der Waals surface area contributed by atoms with E-state index in [1.165, 1.54) is 26.2 Å². The predicted molar refractivity (Wildman–Crippen MR) is 98.8 cm³/mol. The van der Waals surface area contributed by atoms with Crippen LogP contribution in [0.1, 0.15) is 29.6 Å². The van der Waals surface area contributed by atoms with Crippen molar-refractivity contribution in [2.24, 2.45) is 5.92 Å². The number of carbonyl (C=O) groups excluding carboxylic acids is 1. The van der Waals surface area contributed by atoms with Gasteiger partial charge >= 0.3 is 0 Å². The van der Waals surface area contributed by atoms with E-state index in [1.54, 1.807) is 6.07 Å². The van der Waals surface area contributed by atoms with Crippen LogP contribution in [0.15, 0.2) is 35.2 Å². The van der Waals surface area contributed by atoms with Crippen molar-refractivity contribution in [2.75, 3.05) is 20.6 Å². The van der Waals surface area contributed by atoms with E-state index in [0.29, 0.717) is 18.0 Å². The zero-order valence-corrected chi connectivity index (χ0v) is 16.2. The average Bonchev–Trinajstić information content (AvgIpc) is 2.53. The van der Waals surface area contributed by atoms with Gasteiger partial charge in [0.05, 0.1) is 10.5 Å². The quantitative estimate of drug-likeness (QED) is 0.557. The highest BCUT2D eigenvalue weighted by molar-refractivity contribution is 14.1. The van der Waals surface area contributed by atoms with Crippen molar-refractivity contribution in [3.05, 3.63) is 39.5 Å². The number of amides is 1. The Morgan fingerprint density at radius 3 is 2.70 bits per heavy atom. The van der Waals surface area contributed by atoms with Crippen molar-refractivity contribution in [2.45, 2.75) is 24.2 Å². The first-order valence-corrected chi connectivity index (χ1v) is 9.99. The van der Waals surface area contributed by atoms with Gasteiger partial charge in [-0.2, -0.15) is 0 Å². The number of hydrogen-bond acceptors (Lipinski definition) is 3. The molecule has 2 rings (SSSR count). The van der Waals surface area contributed by atoms with Crippen LogP contribution in [0.5, 0.6) is 0 Å². The van der Waals surface area contributed by atoms with E-state index in [9.17, 15) is 13.2 Å². The Morgan fingerprint density at radius 2 is 2.09 bits per heavy atom. The summed E-state index contributed by atoms with van der Waals surface area (Å²) in [4.78, 5) is 12.5. The van der Waals surface area contributed by atoms with Gasteiger partial charge < -0.3 is 5.32 Å². The second kappa shape index (κ2) is 7.76. The number of sulfonamides is 1. The molecule has 23 heavy (non-hydrogen) atoms. The fourth-order valence-electron chi connectivity index (χ4n) is 2.42. The molecule has 0 aliphatic heterocycles. The van der Waals surface area contributed by atoms with Crippen molar-refractivity contribution in [1.82, 2.24) is 9.62 Å². The summed E-state index contributed by atoms with van der Waals surface area (Å²) in [5.41, 5.74) is 0.403. The molecular formula is C16H21IN2O3S. The predicted octanol–water partition coefficient (Wildman–Crippen LogP) is 2.63. The molecule has 126 valence electrons. The molecule has 0 spiro atoms. The van der Waals surface area contributed by atoms with Crippen LogP contribution in [-0.4, -0.2) is 39.3 Å². The topological polar surface area (TPSA) is 66.5 Å². The fraction of sp³-hybridized carbons (Fsp3) is 0.438. The second-order valence-corrected chi connectivity index (χ2v) is 9.10. The number of halogens is 1. The van der Waals surface area contributed by atoms with Crippen LogP contribution in [0.4, 0.5) is 0 Å². The van der Waals surface area contributed by atoms with Gasteiger partial charge in [0.15, 0.2) is 0 Å². The fourth-order valence-corrected chi connectivity index (χ4v) is 3.93. The second-order valence-electron chi connectivity index (χ2n) is 5.79. The van der Waals surface area contributed by atoms with Gasteiger partial charge in [0, 0.05) is 24.2 Å². The maximum atomic E-state index is 12.4. The number of rotatable bonds is 5. The van der Waals surface area contributed by atoms with Crippen LogP contribution in [-0.2, 0) is 10.0 Å². The summed E-state index contributed by atoms with van der Waals surface area (Å²) in [5, 5.41) is 2.93. The first-order chi connectivity index (χ1) is 10.8. The van der Waals surface area contributed by atoms with E-state index >= 15 is 0 Å². The monoisotopic (exact) mass is 448 g/mol. The molecule has 1 N–H and O–H groups in total. The molecule has 1 aromatic carbocycles. The Labute approximate surface area is 151 Å². The molecule has 1 unspecified atom stereocenters. The van der Waals surface area contributed by atoms with E-state index in [4.69, 9.17) is 0 Å². The minimum Gasteiger partial charge on any atom is -0.352 e. The van der Waals surface area contributed by atoms with Crippen molar-refractivity contribution < 1.29 is 13.2 Å². The first-order valence-electron chi connectivity index (χ1n) is 7.47. The lowest BCUT2D eigenvalue weighted by Gasteiger charge is -2.18. The number of nitrogens with zero attached hydrogens (tertiary/aromatic N) is 1. The van der Waals surface area contributed by atoms with Crippen LogP contribution in [0, 0.1) is 9.49 Å². The summed E-state index contributed by atoms with van der Waals surface area (Å²) in [5.74, 6) is 0.232. The standard InChI is InChI=1S/C16H21IN2O3S/c1-19(2)23(21,22)13-8-9-15(17)14(10-13)16(20)18-11-12-6-4-3-5-7-12/h3-4,8-10,12H,5-7,11H2,1-2H3,(H,18,20). The van der Waals surface area contributed by atoms with E-state index in [1.807, 2.05) is 0 Å². The van der Waals surface area contributed by atoms with Crippen LogP contribution in [0.3, 0.4) is 0 Å². The molecule has 7 heteroatoms. The third-order valence-electron chi connectivity index (χ3n) is 3.89. The van der Waals surface area contributed by atoms with Crippen LogP contribution >= 0.6 is 22.6 Å². The smallest absolute Gasteiger partial charge is 0.252 e. The molecule has 1 atom stereocenters. The van der Waals surface area contributed by atoms with Crippen molar-refractivity contribution >= 4 is 38.5 Å². The maximum Gasteiger partial charge on any atom is 0.252 e. The Bertz CT molecular complexity index is 714. The number of carbonyl (C=O) groups is 1. The minimum absolute atomic E-state index is 0.133. The number of allylic oxidation sites excluding steroid dienone is 2. The van der Waals surface area contributed by atoms with Gasteiger partial charge in [0.1, 0.15) is 0 Å². The molecule has 0 radical (unpaired) electrons. The lowest BCUT2D eigenvalue weighted by Crippen LogP contribution is -2.30. The number of hydrogen-bond donors (Lipinski definition) is 1.